The number of piperidine rings is 3. The fraction of sp³-hybridized carbons (Fsp3) is 0.421. The van der Waals surface area contributed by atoms with Crippen LogP contribution in [0, 0.1) is 11.7 Å². The third-order valence-corrected chi connectivity index (χ3v) is 5.41. The molecule has 4 heteroatoms. The van der Waals surface area contributed by atoms with Gasteiger partial charge in [-0.25, -0.2) is 4.39 Å². The van der Waals surface area contributed by atoms with E-state index in [1.165, 1.54) is 38.1 Å². The number of rotatable bonds is 3. The Morgan fingerprint density at radius 1 is 1.09 bits per heavy atom. The van der Waals surface area contributed by atoms with Crippen LogP contribution >= 0.6 is 0 Å². The van der Waals surface area contributed by atoms with Gasteiger partial charge in [-0.1, -0.05) is 0 Å². The normalized spacial score (nSPS) is 29.5. The van der Waals surface area contributed by atoms with E-state index < -0.39 is 0 Å². The molecule has 3 nitrogen and oxygen atoms in total. The second-order valence-corrected chi connectivity index (χ2v) is 6.72. The van der Waals surface area contributed by atoms with Crippen molar-refractivity contribution in [2.75, 3.05) is 18.4 Å². The van der Waals surface area contributed by atoms with E-state index >= 15 is 0 Å². The second kappa shape index (κ2) is 5.93. The molecule has 5 rings (SSSR count). The molecule has 0 spiro atoms. The maximum atomic E-state index is 13.0. The number of nitrogens with zero attached hydrogens (tertiary/aromatic N) is 2. The minimum atomic E-state index is -0.219. The third-order valence-electron chi connectivity index (χ3n) is 5.41. The van der Waals surface area contributed by atoms with Gasteiger partial charge in [0.25, 0.3) is 0 Å². The minimum absolute atomic E-state index is 0.219. The van der Waals surface area contributed by atoms with Crippen LogP contribution in [0.1, 0.15) is 19.8 Å². The average Bonchev–Trinajstić information content (AvgIpc) is 2.60. The lowest BCUT2D eigenvalue weighted by Gasteiger charge is -2.50. The van der Waals surface area contributed by atoms with Gasteiger partial charge in [-0.15, -0.1) is 0 Å². The molecule has 3 saturated heterocycles. The van der Waals surface area contributed by atoms with Gasteiger partial charge in [-0.05, 0) is 75.2 Å². The standard InChI is InChI=1S/C19H22FN3/c1-13-19(15-8-10-23(13)11-9-15)22-17-6-7-18(21-12-17)14-2-4-16(20)5-3-14/h2-7,12-13,15,19,22H,8-11H2,1H3/t13-,19-/m1/s1. The molecule has 0 aliphatic carbocycles. The van der Waals surface area contributed by atoms with Crippen molar-refractivity contribution in [1.29, 1.82) is 0 Å². The molecule has 23 heavy (non-hydrogen) atoms. The van der Waals surface area contributed by atoms with Gasteiger partial charge in [0.1, 0.15) is 5.82 Å². The summed E-state index contributed by atoms with van der Waals surface area (Å²) in [7, 11) is 0. The van der Waals surface area contributed by atoms with Gasteiger partial charge in [0.15, 0.2) is 0 Å². The van der Waals surface area contributed by atoms with E-state index in [0.29, 0.717) is 12.1 Å². The first-order chi connectivity index (χ1) is 11.2. The number of nitrogens with one attached hydrogen (secondary N) is 1. The SMILES string of the molecule is C[C@@H]1[C@@H](Nc2ccc(-c3ccc(F)cc3)nc2)C2CCN1CC2. The van der Waals surface area contributed by atoms with Crippen molar-refractivity contribution < 1.29 is 4.39 Å². The number of aromatic nitrogens is 1. The van der Waals surface area contributed by atoms with Crippen LogP contribution in [0.5, 0.6) is 0 Å². The molecule has 120 valence electrons. The third kappa shape index (κ3) is 2.83. The van der Waals surface area contributed by atoms with E-state index in [2.05, 4.69) is 28.2 Å². The van der Waals surface area contributed by atoms with Crippen LogP contribution < -0.4 is 5.32 Å². The first-order valence-corrected chi connectivity index (χ1v) is 8.43. The summed E-state index contributed by atoms with van der Waals surface area (Å²) in [6.45, 7) is 4.81. The summed E-state index contributed by atoms with van der Waals surface area (Å²) < 4.78 is 13.0. The molecule has 0 unspecified atom stereocenters. The van der Waals surface area contributed by atoms with Gasteiger partial charge in [-0.3, -0.25) is 9.88 Å². The molecule has 2 bridgehead atoms. The molecule has 0 saturated carbocycles. The monoisotopic (exact) mass is 311 g/mol. The quantitative estimate of drug-likeness (QED) is 0.935. The summed E-state index contributed by atoms with van der Waals surface area (Å²) in [5.74, 6) is 0.551. The molecule has 0 radical (unpaired) electrons. The number of hydrogen-bond acceptors (Lipinski definition) is 3. The van der Waals surface area contributed by atoms with Crippen molar-refractivity contribution in [2.24, 2.45) is 5.92 Å². The van der Waals surface area contributed by atoms with E-state index in [1.807, 2.05) is 12.3 Å². The van der Waals surface area contributed by atoms with Gasteiger partial charge in [-0.2, -0.15) is 0 Å². The van der Waals surface area contributed by atoms with Gasteiger partial charge in [0.2, 0.25) is 0 Å². The fourth-order valence-electron chi connectivity index (χ4n) is 4.01. The molecule has 3 aliphatic heterocycles. The van der Waals surface area contributed by atoms with Crippen LogP contribution in [0.3, 0.4) is 0 Å². The molecule has 2 aromatic rings. The maximum absolute atomic E-state index is 13.0. The van der Waals surface area contributed by atoms with E-state index in [9.17, 15) is 4.39 Å². The Morgan fingerprint density at radius 3 is 2.43 bits per heavy atom. The molecule has 2 atom stereocenters. The average molecular weight is 311 g/mol. The van der Waals surface area contributed by atoms with Crippen LogP contribution in [0.2, 0.25) is 0 Å². The first-order valence-electron chi connectivity index (χ1n) is 8.43. The summed E-state index contributed by atoms with van der Waals surface area (Å²) in [6.07, 6.45) is 4.48. The number of pyridine rings is 1. The van der Waals surface area contributed by atoms with Crippen molar-refractivity contribution >= 4 is 5.69 Å². The summed E-state index contributed by atoms with van der Waals surface area (Å²) in [5.41, 5.74) is 2.88. The summed E-state index contributed by atoms with van der Waals surface area (Å²) in [6, 6.07) is 11.6. The predicted octanol–water partition coefficient (Wildman–Crippen LogP) is 3.78. The van der Waals surface area contributed by atoms with Crippen LogP contribution in [-0.2, 0) is 0 Å². The Hall–Kier alpha value is -1.94. The number of halogens is 1. The van der Waals surface area contributed by atoms with E-state index in [1.54, 1.807) is 12.1 Å². The molecule has 4 heterocycles. The van der Waals surface area contributed by atoms with Gasteiger partial charge in [0.05, 0.1) is 17.6 Å². The number of hydrogen-bond donors (Lipinski definition) is 1. The van der Waals surface area contributed by atoms with Crippen molar-refractivity contribution in [3.63, 3.8) is 0 Å². The van der Waals surface area contributed by atoms with Gasteiger partial charge in [0, 0.05) is 17.6 Å². The van der Waals surface area contributed by atoms with Gasteiger partial charge >= 0.3 is 0 Å². The highest BCUT2D eigenvalue weighted by Gasteiger charge is 2.39. The molecular weight excluding hydrogens is 289 g/mol. The summed E-state index contributed by atoms with van der Waals surface area (Å²) in [4.78, 5) is 7.11. The highest BCUT2D eigenvalue weighted by atomic mass is 19.1. The smallest absolute Gasteiger partial charge is 0.123 e. The lowest BCUT2D eigenvalue weighted by molar-refractivity contribution is 0.0458. The Kier molecular flexibility index (Phi) is 3.77. The molecular formula is C19H22FN3. The molecule has 3 fully saturated rings. The lowest BCUT2D eigenvalue weighted by atomic mass is 9.79. The van der Waals surface area contributed by atoms with E-state index in [4.69, 9.17) is 0 Å². The zero-order valence-corrected chi connectivity index (χ0v) is 13.4. The van der Waals surface area contributed by atoms with Crippen LogP contribution in [0.15, 0.2) is 42.6 Å². The zero-order valence-electron chi connectivity index (χ0n) is 13.4. The largest absolute Gasteiger partial charge is 0.379 e. The summed E-state index contributed by atoms with van der Waals surface area (Å²) >= 11 is 0. The number of anilines is 1. The minimum Gasteiger partial charge on any atom is -0.379 e. The van der Waals surface area contributed by atoms with Crippen molar-refractivity contribution in [3.05, 3.63) is 48.4 Å². The Bertz CT molecular complexity index is 658. The molecule has 1 aromatic carbocycles. The fourth-order valence-corrected chi connectivity index (χ4v) is 4.01. The molecule has 3 aliphatic rings. The van der Waals surface area contributed by atoms with Crippen LogP contribution in [0.25, 0.3) is 11.3 Å². The Labute approximate surface area is 136 Å². The highest BCUT2D eigenvalue weighted by molar-refractivity contribution is 5.61. The Balaban J connectivity index is 1.49. The van der Waals surface area contributed by atoms with Crippen LogP contribution in [0.4, 0.5) is 10.1 Å². The number of fused-ring (bicyclic) bond motifs is 3. The molecule has 0 amide bonds. The first kappa shape index (κ1) is 14.6. The van der Waals surface area contributed by atoms with Crippen LogP contribution in [-0.4, -0.2) is 35.1 Å². The molecule has 1 aromatic heterocycles. The zero-order chi connectivity index (χ0) is 15.8. The van der Waals surface area contributed by atoms with Crippen molar-refractivity contribution in [3.8, 4) is 11.3 Å². The van der Waals surface area contributed by atoms with Gasteiger partial charge < -0.3 is 5.32 Å². The highest BCUT2D eigenvalue weighted by Crippen LogP contribution is 2.34. The number of benzene rings is 1. The van der Waals surface area contributed by atoms with E-state index in [-0.39, 0.29) is 5.82 Å². The predicted molar refractivity (Wildman–Crippen MR) is 90.8 cm³/mol. The lowest BCUT2D eigenvalue weighted by Crippen LogP contribution is -2.59. The van der Waals surface area contributed by atoms with Crippen molar-refractivity contribution in [2.45, 2.75) is 31.8 Å². The second-order valence-electron chi connectivity index (χ2n) is 6.72. The maximum Gasteiger partial charge on any atom is 0.123 e. The van der Waals surface area contributed by atoms with E-state index in [0.717, 1.165) is 22.9 Å². The molecule has 1 N–H and O–H groups in total. The summed E-state index contributed by atoms with van der Waals surface area (Å²) in [5, 5.41) is 3.69. The topological polar surface area (TPSA) is 28.2 Å². The Morgan fingerprint density at radius 2 is 1.83 bits per heavy atom. The van der Waals surface area contributed by atoms with Crippen molar-refractivity contribution in [1.82, 2.24) is 9.88 Å².